The predicted molar refractivity (Wildman–Crippen MR) is 104 cm³/mol. The van der Waals surface area contributed by atoms with Crippen molar-refractivity contribution in [2.45, 2.75) is 71.1 Å². The Morgan fingerprint density at radius 2 is 1.80 bits per heavy atom. The number of aliphatic imine (C=N–C) groups is 1. The van der Waals surface area contributed by atoms with Crippen LogP contribution in [-0.2, 0) is 4.79 Å². The van der Waals surface area contributed by atoms with Gasteiger partial charge in [0.15, 0.2) is 6.54 Å². The van der Waals surface area contributed by atoms with E-state index in [4.69, 9.17) is 5.73 Å². The summed E-state index contributed by atoms with van der Waals surface area (Å²) >= 11 is 0. The number of unbranched alkanes of at least 4 members (excludes halogenated alkanes) is 9. The van der Waals surface area contributed by atoms with Crippen LogP contribution in [0, 0.1) is 0 Å². The number of rotatable bonds is 15. The first kappa shape index (κ1) is 21.6. The first-order valence-electron chi connectivity index (χ1n) is 9.86. The Hall–Kier alpha value is -1.46. The Morgan fingerprint density at radius 3 is 2.40 bits per heavy atom. The van der Waals surface area contributed by atoms with Crippen LogP contribution < -0.4 is 5.73 Å². The first-order valence-corrected chi connectivity index (χ1v) is 9.86. The molecule has 0 saturated carbocycles. The van der Waals surface area contributed by atoms with Gasteiger partial charge in [0, 0.05) is 12.6 Å². The van der Waals surface area contributed by atoms with E-state index in [9.17, 15) is 9.90 Å². The second-order valence-electron chi connectivity index (χ2n) is 6.90. The Labute approximate surface area is 152 Å². The van der Waals surface area contributed by atoms with Gasteiger partial charge in [-0.05, 0) is 12.8 Å². The predicted octanol–water partition coefficient (Wildman–Crippen LogP) is 4.21. The molecule has 0 aromatic heterocycles. The number of amidine groups is 1. The van der Waals surface area contributed by atoms with Crippen LogP contribution in [0.15, 0.2) is 29.5 Å². The molecule has 1 heterocycles. The van der Waals surface area contributed by atoms with Crippen molar-refractivity contribution in [1.82, 2.24) is 0 Å². The Kier molecular flexibility index (Phi) is 11.1. The van der Waals surface area contributed by atoms with Crippen molar-refractivity contribution >= 4 is 11.8 Å². The molecule has 0 saturated heterocycles. The van der Waals surface area contributed by atoms with Crippen LogP contribution in [0.5, 0.6) is 0 Å². The molecule has 0 bridgehead atoms. The van der Waals surface area contributed by atoms with E-state index in [0.717, 1.165) is 12.3 Å². The summed E-state index contributed by atoms with van der Waals surface area (Å²) in [5.41, 5.74) is 5.67. The lowest BCUT2D eigenvalue weighted by Crippen LogP contribution is -2.51. The maximum Gasteiger partial charge on any atom is 0.360 e. The molecule has 3 N–H and O–H groups in total. The molecule has 1 atom stereocenters. The molecule has 1 unspecified atom stereocenters. The van der Waals surface area contributed by atoms with Crippen molar-refractivity contribution in [3.05, 3.63) is 24.6 Å². The van der Waals surface area contributed by atoms with Gasteiger partial charge in [0.2, 0.25) is 5.84 Å². The van der Waals surface area contributed by atoms with Gasteiger partial charge >= 0.3 is 5.97 Å². The average molecular weight is 351 g/mol. The molecule has 1 rings (SSSR count). The number of quaternary nitrogens is 1. The zero-order valence-corrected chi connectivity index (χ0v) is 15.8. The van der Waals surface area contributed by atoms with Crippen molar-refractivity contribution in [3.8, 4) is 0 Å². The van der Waals surface area contributed by atoms with E-state index >= 15 is 0 Å². The van der Waals surface area contributed by atoms with Crippen LogP contribution in [0.2, 0.25) is 0 Å². The minimum absolute atomic E-state index is 0.00505. The van der Waals surface area contributed by atoms with Gasteiger partial charge in [0.25, 0.3) is 0 Å². The maximum absolute atomic E-state index is 11.2. The molecular formula is C20H36N3O2+. The number of carbonyl (C=O) groups is 1. The average Bonchev–Trinajstić information content (AvgIpc) is 2.94. The number of hydrogen-bond acceptors (Lipinski definition) is 3. The largest absolute Gasteiger partial charge is 0.477 e. The molecule has 0 spiro atoms. The lowest BCUT2D eigenvalue weighted by Gasteiger charge is -2.28. The summed E-state index contributed by atoms with van der Waals surface area (Å²) < 4.78 is 0.222. The standard InChI is InChI=1S/C20H35N3O2/c1-2-3-4-5-6-7-8-9-10-11-12-13-19-22-15-17-23(19,16-14-21)18-20(24)25/h12-13,15,17H,2-11,14,16,18,21H2,1H3/p+1/b13-12+. The zero-order chi connectivity index (χ0) is 18.4. The summed E-state index contributed by atoms with van der Waals surface area (Å²) in [5, 5.41) is 9.17. The molecule has 0 aliphatic carbocycles. The van der Waals surface area contributed by atoms with Gasteiger partial charge in [-0.1, -0.05) is 64.4 Å². The third-order valence-electron chi connectivity index (χ3n) is 4.70. The molecular weight excluding hydrogens is 314 g/mol. The monoisotopic (exact) mass is 350 g/mol. The summed E-state index contributed by atoms with van der Waals surface area (Å²) in [6, 6.07) is 0. The third kappa shape index (κ3) is 8.45. The highest BCUT2D eigenvalue weighted by Gasteiger charge is 2.35. The van der Waals surface area contributed by atoms with Crippen LogP contribution in [-0.4, -0.2) is 41.0 Å². The fourth-order valence-corrected chi connectivity index (χ4v) is 3.26. The van der Waals surface area contributed by atoms with Crippen LogP contribution in [0.3, 0.4) is 0 Å². The quantitative estimate of drug-likeness (QED) is 0.343. The van der Waals surface area contributed by atoms with E-state index in [0.29, 0.717) is 13.1 Å². The second kappa shape index (κ2) is 12.8. The van der Waals surface area contributed by atoms with Crippen LogP contribution in [0.4, 0.5) is 0 Å². The van der Waals surface area contributed by atoms with E-state index in [1.54, 1.807) is 6.20 Å². The third-order valence-corrected chi connectivity index (χ3v) is 4.70. The lowest BCUT2D eigenvalue weighted by atomic mass is 10.1. The summed E-state index contributed by atoms with van der Waals surface area (Å²) in [6.45, 7) is 3.24. The molecule has 0 amide bonds. The van der Waals surface area contributed by atoms with Gasteiger partial charge in [-0.15, -0.1) is 0 Å². The van der Waals surface area contributed by atoms with E-state index in [1.807, 2.05) is 12.3 Å². The van der Waals surface area contributed by atoms with Crippen molar-refractivity contribution in [2.75, 3.05) is 19.6 Å². The SMILES string of the molecule is CCCCCCCCCCC/C=C/C1=NC=C[N+]1(CCN)CC(=O)O. The summed E-state index contributed by atoms with van der Waals surface area (Å²) in [7, 11) is 0. The van der Waals surface area contributed by atoms with Gasteiger partial charge in [-0.2, -0.15) is 4.99 Å². The second-order valence-corrected chi connectivity index (χ2v) is 6.90. The highest BCUT2D eigenvalue weighted by molar-refractivity contribution is 5.90. The number of nitrogens with zero attached hydrogens (tertiary/aromatic N) is 2. The van der Waals surface area contributed by atoms with Gasteiger partial charge in [-0.25, -0.2) is 9.28 Å². The topological polar surface area (TPSA) is 75.7 Å². The van der Waals surface area contributed by atoms with Crippen molar-refractivity contribution < 1.29 is 14.4 Å². The van der Waals surface area contributed by atoms with E-state index in [1.165, 1.54) is 57.8 Å². The number of allylic oxidation sites excluding steroid dienone is 1. The number of hydrogen-bond donors (Lipinski definition) is 2. The van der Waals surface area contributed by atoms with Gasteiger partial charge in [-0.3, -0.25) is 0 Å². The van der Waals surface area contributed by atoms with Gasteiger partial charge < -0.3 is 10.8 Å². The number of aliphatic carboxylic acids is 1. The molecule has 5 nitrogen and oxygen atoms in total. The molecule has 5 heteroatoms. The molecule has 25 heavy (non-hydrogen) atoms. The smallest absolute Gasteiger partial charge is 0.360 e. The van der Waals surface area contributed by atoms with Crippen LogP contribution in [0.1, 0.15) is 71.1 Å². The Morgan fingerprint density at radius 1 is 1.16 bits per heavy atom. The van der Waals surface area contributed by atoms with E-state index < -0.39 is 5.97 Å². The maximum atomic E-state index is 11.2. The Bertz CT molecular complexity index is 472. The fourth-order valence-electron chi connectivity index (χ4n) is 3.26. The van der Waals surface area contributed by atoms with Crippen LogP contribution >= 0.6 is 0 Å². The normalized spacial score (nSPS) is 19.7. The number of carboxylic acids is 1. The summed E-state index contributed by atoms with van der Waals surface area (Å²) in [4.78, 5) is 15.5. The number of carboxylic acid groups (broad SMARTS) is 1. The van der Waals surface area contributed by atoms with Crippen LogP contribution in [0.25, 0.3) is 0 Å². The molecule has 1 aliphatic heterocycles. The van der Waals surface area contributed by atoms with Crippen molar-refractivity contribution in [2.24, 2.45) is 10.7 Å². The van der Waals surface area contributed by atoms with Crippen molar-refractivity contribution in [1.29, 1.82) is 0 Å². The molecule has 142 valence electrons. The minimum Gasteiger partial charge on any atom is -0.477 e. The summed E-state index contributed by atoms with van der Waals surface area (Å²) in [5.74, 6) is -0.0520. The minimum atomic E-state index is -0.833. The van der Waals surface area contributed by atoms with Gasteiger partial charge in [0.1, 0.15) is 12.7 Å². The lowest BCUT2D eigenvalue weighted by molar-refractivity contribution is -0.775. The molecule has 0 aromatic carbocycles. The molecule has 0 fully saturated rings. The van der Waals surface area contributed by atoms with Gasteiger partial charge in [0.05, 0.1) is 6.20 Å². The van der Waals surface area contributed by atoms with E-state index in [2.05, 4.69) is 18.0 Å². The molecule has 1 aliphatic rings. The first-order chi connectivity index (χ1) is 12.1. The number of nitrogens with two attached hydrogens (primary N) is 1. The Balaban J connectivity index is 2.23. The fraction of sp³-hybridized carbons (Fsp3) is 0.700. The highest BCUT2D eigenvalue weighted by Crippen LogP contribution is 2.18. The zero-order valence-electron chi connectivity index (χ0n) is 15.8. The summed E-state index contributed by atoms with van der Waals surface area (Å²) in [6.07, 6.45) is 20.6. The van der Waals surface area contributed by atoms with Crippen molar-refractivity contribution in [3.63, 3.8) is 0 Å². The highest BCUT2D eigenvalue weighted by atomic mass is 16.4. The molecule has 0 radical (unpaired) electrons. The molecule has 0 aromatic rings. The van der Waals surface area contributed by atoms with E-state index in [-0.39, 0.29) is 11.0 Å².